The second-order valence-electron chi connectivity index (χ2n) is 6.05. The lowest BCUT2D eigenvalue weighted by Gasteiger charge is -2.42. The average Bonchev–Trinajstić information content (AvgIpc) is 2.93. The Morgan fingerprint density at radius 1 is 1.21 bits per heavy atom. The van der Waals surface area contributed by atoms with Crippen molar-refractivity contribution in [1.29, 1.82) is 0 Å². The van der Waals surface area contributed by atoms with Crippen molar-refractivity contribution in [2.45, 2.75) is 46.5 Å². The van der Waals surface area contributed by atoms with Crippen LogP contribution in [0.2, 0.25) is 0 Å². The molecular formula is C13H25N. The van der Waals surface area contributed by atoms with Crippen LogP contribution in [0.4, 0.5) is 0 Å². The molecule has 0 N–H and O–H groups in total. The molecule has 14 heavy (non-hydrogen) atoms. The Bertz CT molecular complexity index is 185. The van der Waals surface area contributed by atoms with Crippen LogP contribution in [-0.2, 0) is 0 Å². The van der Waals surface area contributed by atoms with Crippen LogP contribution in [0.3, 0.4) is 0 Å². The van der Waals surface area contributed by atoms with E-state index in [1.54, 1.807) is 0 Å². The van der Waals surface area contributed by atoms with Gasteiger partial charge in [0.1, 0.15) is 0 Å². The van der Waals surface area contributed by atoms with E-state index >= 15 is 0 Å². The van der Waals surface area contributed by atoms with Crippen LogP contribution >= 0.6 is 0 Å². The van der Waals surface area contributed by atoms with Crippen LogP contribution in [0.15, 0.2) is 0 Å². The Kier molecular flexibility index (Phi) is 2.88. The molecule has 1 heteroatoms. The van der Waals surface area contributed by atoms with Gasteiger partial charge in [-0.2, -0.15) is 0 Å². The molecule has 2 rings (SSSR count). The molecule has 0 radical (unpaired) electrons. The predicted octanol–water partition coefficient (Wildman–Crippen LogP) is 3.15. The topological polar surface area (TPSA) is 3.24 Å². The van der Waals surface area contributed by atoms with Gasteiger partial charge >= 0.3 is 0 Å². The molecule has 0 spiro atoms. The van der Waals surface area contributed by atoms with Gasteiger partial charge in [-0.05, 0) is 56.0 Å². The average molecular weight is 195 g/mol. The SMILES string of the molecule is CC(C)C1(C)CCN(CC2CC2)CC1. The van der Waals surface area contributed by atoms with Gasteiger partial charge in [0, 0.05) is 6.54 Å². The van der Waals surface area contributed by atoms with Gasteiger partial charge in [-0.3, -0.25) is 0 Å². The van der Waals surface area contributed by atoms with Gasteiger partial charge < -0.3 is 4.90 Å². The number of piperidine rings is 1. The van der Waals surface area contributed by atoms with Crippen LogP contribution in [0, 0.1) is 17.3 Å². The van der Waals surface area contributed by atoms with Crippen LogP contribution in [0.1, 0.15) is 46.5 Å². The van der Waals surface area contributed by atoms with Gasteiger partial charge in [-0.15, -0.1) is 0 Å². The molecule has 0 amide bonds. The summed E-state index contributed by atoms with van der Waals surface area (Å²) in [5.74, 6) is 1.92. The second kappa shape index (κ2) is 3.84. The molecule has 1 heterocycles. The van der Waals surface area contributed by atoms with Crippen molar-refractivity contribution in [3.8, 4) is 0 Å². The third-order valence-corrected chi connectivity index (χ3v) is 4.61. The summed E-state index contributed by atoms with van der Waals surface area (Å²) in [5.41, 5.74) is 0.625. The van der Waals surface area contributed by atoms with Crippen LogP contribution in [0.5, 0.6) is 0 Å². The first kappa shape index (κ1) is 10.5. The molecule has 0 bridgehead atoms. The van der Waals surface area contributed by atoms with Crippen molar-refractivity contribution in [2.75, 3.05) is 19.6 Å². The number of likely N-dealkylation sites (tertiary alicyclic amines) is 1. The Balaban J connectivity index is 1.78. The van der Waals surface area contributed by atoms with Gasteiger partial charge in [0.25, 0.3) is 0 Å². The van der Waals surface area contributed by atoms with Gasteiger partial charge in [0.15, 0.2) is 0 Å². The molecule has 0 unspecified atom stereocenters. The molecule has 2 fully saturated rings. The smallest absolute Gasteiger partial charge is 0.000967 e. The Morgan fingerprint density at radius 2 is 1.79 bits per heavy atom. The molecule has 82 valence electrons. The molecular weight excluding hydrogens is 170 g/mol. The van der Waals surface area contributed by atoms with E-state index in [4.69, 9.17) is 0 Å². The number of rotatable bonds is 3. The van der Waals surface area contributed by atoms with E-state index in [1.807, 2.05) is 0 Å². The van der Waals surface area contributed by atoms with E-state index in [1.165, 1.54) is 45.3 Å². The van der Waals surface area contributed by atoms with Crippen molar-refractivity contribution >= 4 is 0 Å². The molecule has 0 atom stereocenters. The summed E-state index contributed by atoms with van der Waals surface area (Å²) in [7, 11) is 0. The van der Waals surface area contributed by atoms with Gasteiger partial charge in [0.2, 0.25) is 0 Å². The monoisotopic (exact) mass is 195 g/mol. The maximum Gasteiger partial charge on any atom is 0.000967 e. The van der Waals surface area contributed by atoms with Crippen molar-refractivity contribution in [3.05, 3.63) is 0 Å². The lowest BCUT2D eigenvalue weighted by atomic mass is 9.72. The van der Waals surface area contributed by atoms with Gasteiger partial charge in [-0.25, -0.2) is 0 Å². The second-order valence-corrected chi connectivity index (χ2v) is 6.05. The fraction of sp³-hybridized carbons (Fsp3) is 1.00. The van der Waals surface area contributed by atoms with Crippen LogP contribution in [-0.4, -0.2) is 24.5 Å². The molecule has 2 aliphatic rings. The van der Waals surface area contributed by atoms with Crippen LogP contribution < -0.4 is 0 Å². The minimum atomic E-state index is 0.625. The first-order valence-electron chi connectivity index (χ1n) is 6.32. The van der Waals surface area contributed by atoms with Crippen molar-refractivity contribution in [2.24, 2.45) is 17.3 Å². The molecule has 1 aliphatic heterocycles. The normalized spacial score (nSPS) is 28.3. The first-order chi connectivity index (χ1) is 6.60. The highest BCUT2D eigenvalue weighted by Crippen LogP contribution is 2.39. The van der Waals surface area contributed by atoms with E-state index < -0.39 is 0 Å². The minimum Gasteiger partial charge on any atom is -0.303 e. The van der Waals surface area contributed by atoms with Crippen molar-refractivity contribution < 1.29 is 0 Å². The van der Waals surface area contributed by atoms with Gasteiger partial charge in [-0.1, -0.05) is 20.8 Å². The summed E-state index contributed by atoms with van der Waals surface area (Å²) in [6.45, 7) is 11.4. The summed E-state index contributed by atoms with van der Waals surface area (Å²) >= 11 is 0. The minimum absolute atomic E-state index is 0.625. The fourth-order valence-corrected chi connectivity index (χ4v) is 2.49. The van der Waals surface area contributed by atoms with Gasteiger partial charge in [0.05, 0.1) is 0 Å². The van der Waals surface area contributed by atoms with E-state index in [-0.39, 0.29) is 0 Å². The summed E-state index contributed by atoms with van der Waals surface area (Å²) < 4.78 is 0. The summed E-state index contributed by atoms with van der Waals surface area (Å²) in [5, 5.41) is 0. The maximum atomic E-state index is 2.70. The summed E-state index contributed by atoms with van der Waals surface area (Å²) in [4.78, 5) is 2.70. The molecule has 1 nitrogen and oxygen atoms in total. The zero-order valence-corrected chi connectivity index (χ0v) is 10.1. The Labute approximate surface area is 88.9 Å². The first-order valence-corrected chi connectivity index (χ1v) is 6.32. The number of hydrogen-bond donors (Lipinski definition) is 0. The van der Waals surface area contributed by atoms with Crippen molar-refractivity contribution in [3.63, 3.8) is 0 Å². The third kappa shape index (κ3) is 2.31. The Morgan fingerprint density at radius 3 is 2.21 bits per heavy atom. The largest absolute Gasteiger partial charge is 0.303 e. The van der Waals surface area contributed by atoms with Crippen molar-refractivity contribution in [1.82, 2.24) is 4.90 Å². The van der Waals surface area contributed by atoms with E-state index in [0.29, 0.717) is 5.41 Å². The zero-order chi connectivity index (χ0) is 10.2. The lowest BCUT2D eigenvalue weighted by molar-refractivity contribution is 0.0758. The highest BCUT2D eigenvalue weighted by molar-refractivity contribution is 4.87. The molecule has 1 aliphatic carbocycles. The summed E-state index contributed by atoms with van der Waals surface area (Å²) in [6.07, 6.45) is 5.82. The number of nitrogens with zero attached hydrogens (tertiary/aromatic N) is 1. The highest BCUT2D eigenvalue weighted by Gasteiger charge is 2.34. The highest BCUT2D eigenvalue weighted by atomic mass is 15.1. The fourth-order valence-electron chi connectivity index (χ4n) is 2.49. The standard InChI is InChI=1S/C13H25N/c1-11(2)13(3)6-8-14(9-7-13)10-12-4-5-12/h11-12H,4-10H2,1-3H3. The third-order valence-electron chi connectivity index (χ3n) is 4.61. The quantitative estimate of drug-likeness (QED) is 0.668. The summed E-state index contributed by atoms with van der Waals surface area (Å²) in [6, 6.07) is 0. The maximum absolute atomic E-state index is 2.70. The zero-order valence-electron chi connectivity index (χ0n) is 10.1. The molecule has 1 saturated carbocycles. The van der Waals surface area contributed by atoms with E-state index in [0.717, 1.165) is 11.8 Å². The lowest BCUT2D eigenvalue weighted by Crippen LogP contribution is -2.41. The predicted molar refractivity (Wildman–Crippen MR) is 61.3 cm³/mol. The molecule has 0 aromatic rings. The Hall–Kier alpha value is -0.0400. The molecule has 1 saturated heterocycles. The number of hydrogen-bond acceptors (Lipinski definition) is 1. The van der Waals surface area contributed by atoms with Crippen LogP contribution in [0.25, 0.3) is 0 Å². The molecule has 0 aromatic carbocycles. The van der Waals surface area contributed by atoms with E-state index in [9.17, 15) is 0 Å². The van der Waals surface area contributed by atoms with E-state index in [2.05, 4.69) is 25.7 Å². The molecule has 0 aromatic heterocycles.